The first-order valence-corrected chi connectivity index (χ1v) is 11.1. The van der Waals surface area contributed by atoms with Gasteiger partial charge in [-0.1, -0.05) is 41.9 Å². The second-order valence-electron chi connectivity index (χ2n) is 6.60. The summed E-state index contributed by atoms with van der Waals surface area (Å²) in [4.78, 5) is 4.51. The highest BCUT2D eigenvalue weighted by Gasteiger charge is 2.27. The van der Waals surface area contributed by atoms with Gasteiger partial charge >= 0.3 is 0 Å². The lowest BCUT2D eigenvalue weighted by Crippen LogP contribution is -2.15. The molecule has 0 fully saturated rings. The fraction of sp³-hybridized carbons (Fsp3) is 0.0870. The molecule has 0 unspecified atom stereocenters. The molecule has 0 aliphatic rings. The van der Waals surface area contributed by atoms with Crippen molar-refractivity contribution in [2.45, 2.75) is 4.90 Å². The van der Waals surface area contributed by atoms with Crippen LogP contribution in [-0.2, 0) is 10.0 Å². The Morgan fingerprint density at radius 1 is 0.935 bits per heavy atom. The van der Waals surface area contributed by atoms with Crippen LogP contribution in [0.1, 0.15) is 11.4 Å². The fourth-order valence-electron chi connectivity index (χ4n) is 3.24. The van der Waals surface area contributed by atoms with E-state index in [4.69, 9.17) is 21.1 Å². The minimum atomic E-state index is -4.08. The molecular formula is C23H19ClN2O4S. The van der Waals surface area contributed by atoms with Crippen molar-refractivity contribution in [2.75, 3.05) is 14.2 Å². The molecule has 0 aliphatic heterocycles. The van der Waals surface area contributed by atoms with Crippen molar-refractivity contribution < 1.29 is 17.9 Å². The van der Waals surface area contributed by atoms with Gasteiger partial charge < -0.3 is 9.47 Å². The van der Waals surface area contributed by atoms with Gasteiger partial charge in [0, 0.05) is 11.1 Å². The molecule has 158 valence electrons. The van der Waals surface area contributed by atoms with Crippen molar-refractivity contribution in [3.05, 3.63) is 83.1 Å². The van der Waals surface area contributed by atoms with Crippen LogP contribution < -0.4 is 9.47 Å². The maximum absolute atomic E-state index is 13.8. The fourth-order valence-corrected chi connectivity index (χ4v) is 5.07. The Bertz CT molecular complexity index is 1390. The highest BCUT2D eigenvalue weighted by Crippen LogP contribution is 2.33. The zero-order valence-electron chi connectivity index (χ0n) is 16.8. The minimum absolute atomic E-state index is 0.0232. The molecule has 3 aromatic carbocycles. The lowest BCUT2D eigenvalue weighted by Gasteiger charge is -2.13. The van der Waals surface area contributed by atoms with E-state index in [0.717, 1.165) is 5.56 Å². The second kappa shape index (κ2) is 8.45. The lowest BCUT2D eigenvalue weighted by atomic mass is 10.2. The van der Waals surface area contributed by atoms with E-state index in [-0.39, 0.29) is 16.5 Å². The van der Waals surface area contributed by atoms with Crippen LogP contribution in [0, 0.1) is 0 Å². The van der Waals surface area contributed by atoms with Gasteiger partial charge in [0.1, 0.15) is 22.2 Å². The van der Waals surface area contributed by atoms with E-state index in [0.29, 0.717) is 21.8 Å². The molecule has 8 heteroatoms. The van der Waals surface area contributed by atoms with Gasteiger partial charge in [-0.2, -0.15) is 0 Å². The van der Waals surface area contributed by atoms with Crippen molar-refractivity contribution in [2.24, 2.45) is 0 Å². The van der Waals surface area contributed by atoms with Crippen molar-refractivity contribution in [1.29, 1.82) is 0 Å². The standard InChI is InChI=1S/C23H19ClN2O4S/c1-29-17-12-13-21(30-2)22(15-17)31(27,28)26-20-10-6-5-9-19(20)25-23(26)14-11-16-7-3-4-8-18(16)24/h3-15H,1-2H3/b14-11+. The van der Waals surface area contributed by atoms with Gasteiger partial charge in [0.05, 0.1) is 25.3 Å². The normalized spacial score (nSPS) is 11.8. The van der Waals surface area contributed by atoms with E-state index in [1.807, 2.05) is 18.2 Å². The Balaban J connectivity index is 1.95. The molecule has 4 rings (SSSR count). The number of rotatable bonds is 6. The number of hydrogen-bond donors (Lipinski definition) is 0. The lowest BCUT2D eigenvalue weighted by molar-refractivity contribution is 0.392. The van der Waals surface area contributed by atoms with Crippen LogP contribution in [0.5, 0.6) is 11.5 Å². The molecule has 0 aliphatic carbocycles. The van der Waals surface area contributed by atoms with Crippen LogP contribution in [0.25, 0.3) is 23.2 Å². The van der Waals surface area contributed by atoms with Gasteiger partial charge in [0.15, 0.2) is 0 Å². The average molecular weight is 455 g/mol. The molecule has 0 saturated carbocycles. The van der Waals surface area contributed by atoms with Crippen LogP contribution in [0.4, 0.5) is 0 Å². The van der Waals surface area contributed by atoms with Crippen LogP contribution >= 0.6 is 11.6 Å². The van der Waals surface area contributed by atoms with E-state index in [1.165, 1.54) is 24.3 Å². The smallest absolute Gasteiger partial charge is 0.273 e. The molecule has 0 radical (unpaired) electrons. The Labute approximate surface area is 185 Å². The second-order valence-corrected chi connectivity index (χ2v) is 8.76. The molecule has 0 bridgehead atoms. The molecule has 0 N–H and O–H groups in total. The summed E-state index contributed by atoms with van der Waals surface area (Å²) in [5.41, 5.74) is 1.75. The van der Waals surface area contributed by atoms with Gasteiger partial charge in [-0.15, -0.1) is 0 Å². The van der Waals surface area contributed by atoms with Crippen molar-refractivity contribution in [3.8, 4) is 11.5 Å². The first-order chi connectivity index (χ1) is 15.0. The summed E-state index contributed by atoms with van der Waals surface area (Å²) in [5, 5.41) is 0.554. The Hall–Kier alpha value is -3.29. The van der Waals surface area contributed by atoms with Crippen molar-refractivity contribution in [3.63, 3.8) is 0 Å². The zero-order valence-corrected chi connectivity index (χ0v) is 18.4. The number of hydrogen-bond acceptors (Lipinski definition) is 5. The molecule has 31 heavy (non-hydrogen) atoms. The van der Waals surface area contributed by atoms with Crippen LogP contribution in [0.3, 0.4) is 0 Å². The third-order valence-electron chi connectivity index (χ3n) is 4.75. The van der Waals surface area contributed by atoms with Gasteiger partial charge in [0.25, 0.3) is 10.0 Å². The van der Waals surface area contributed by atoms with Gasteiger partial charge in [-0.25, -0.2) is 17.4 Å². The maximum Gasteiger partial charge on any atom is 0.273 e. The summed E-state index contributed by atoms with van der Waals surface area (Å²) in [7, 11) is -1.18. The number of methoxy groups -OCH3 is 2. The van der Waals surface area contributed by atoms with Crippen LogP contribution in [0.15, 0.2) is 71.6 Å². The third kappa shape index (κ3) is 3.89. The highest BCUT2D eigenvalue weighted by molar-refractivity contribution is 7.90. The quantitative estimate of drug-likeness (QED) is 0.404. The summed E-state index contributed by atoms with van der Waals surface area (Å²) >= 11 is 6.24. The van der Waals surface area contributed by atoms with E-state index in [9.17, 15) is 8.42 Å². The number of imidazole rings is 1. The third-order valence-corrected chi connectivity index (χ3v) is 6.83. The zero-order chi connectivity index (χ0) is 22.0. The number of benzene rings is 3. The number of aromatic nitrogens is 2. The molecule has 0 amide bonds. The molecule has 0 saturated heterocycles. The Morgan fingerprint density at radius 2 is 1.68 bits per heavy atom. The number of para-hydroxylation sites is 2. The summed E-state index contributed by atoms with van der Waals surface area (Å²) in [6, 6.07) is 19.0. The maximum atomic E-state index is 13.8. The number of halogens is 1. The van der Waals surface area contributed by atoms with E-state index in [1.54, 1.807) is 54.6 Å². The molecule has 1 aromatic heterocycles. The number of fused-ring (bicyclic) bond motifs is 1. The Morgan fingerprint density at radius 3 is 2.42 bits per heavy atom. The summed E-state index contributed by atoms with van der Waals surface area (Å²) in [6.07, 6.45) is 3.36. The largest absolute Gasteiger partial charge is 0.497 e. The first kappa shape index (κ1) is 21.0. The summed E-state index contributed by atoms with van der Waals surface area (Å²) < 4.78 is 39.3. The predicted molar refractivity (Wildman–Crippen MR) is 122 cm³/mol. The molecule has 6 nitrogen and oxygen atoms in total. The number of nitrogens with zero attached hydrogens (tertiary/aromatic N) is 2. The topological polar surface area (TPSA) is 70.4 Å². The average Bonchev–Trinajstić information content (AvgIpc) is 3.17. The van der Waals surface area contributed by atoms with Crippen molar-refractivity contribution in [1.82, 2.24) is 8.96 Å². The molecule has 0 spiro atoms. The molecule has 4 aromatic rings. The summed E-state index contributed by atoms with van der Waals surface area (Å²) in [5.74, 6) is 0.850. The molecular weight excluding hydrogens is 436 g/mol. The molecule has 0 atom stereocenters. The van der Waals surface area contributed by atoms with Gasteiger partial charge in [-0.3, -0.25) is 0 Å². The van der Waals surface area contributed by atoms with E-state index < -0.39 is 10.0 Å². The van der Waals surface area contributed by atoms with Crippen LogP contribution in [0.2, 0.25) is 5.02 Å². The summed E-state index contributed by atoms with van der Waals surface area (Å²) in [6.45, 7) is 0. The highest BCUT2D eigenvalue weighted by atomic mass is 35.5. The van der Waals surface area contributed by atoms with Crippen molar-refractivity contribution >= 4 is 44.8 Å². The minimum Gasteiger partial charge on any atom is -0.497 e. The number of ether oxygens (including phenoxy) is 2. The predicted octanol–water partition coefficient (Wildman–Crippen LogP) is 5.11. The monoisotopic (exact) mass is 454 g/mol. The first-order valence-electron chi connectivity index (χ1n) is 9.33. The van der Waals surface area contributed by atoms with E-state index >= 15 is 0 Å². The molecule has 1 heterocycles. The Kier molecular flexibility index (Phi) is 5.71. The van der Waals surface area contributed by atoms with Crippen LogP contribution in [-0.4, -0.2) is 31.6 Å². The van der Waals surface area contributed by atoms with Gasteiger partial charge in [-0.05, 0) is 48.0 Å². The van der Waals surface area contributed by atoms with Gasteiger partial charge in [0.2, 0.25) is 0 Å². The van der Waals surface area contributed by atoms with E-state index in [2.05, 4.69) is 4.98 Å². The SMILES string of the molecule is COc1ccc(OC)c(S(=O)(=O)n2c(/C=C/c3ccccc3Cl)nc3ccccc32)c1.